The van der Waals surface area contributed by atoms with Crippen molar-refractivity contribution >= 4 is 23.5 Å². The predicted octanol–water partition coefficient (Wildman–Crippen LogP) is 1.92. The number of nitrogens with zero attached hydrogens (tertiary/aromatic N) is 1. The fourth-order valence-corrected chi connectivity index (χ4v) is 2.32. The minimum Gasteiger partial charge on any atom is -0.469 e. The van der Waals surface area contributed by atoms with Gasteiger partial charge in [0, 0.05) is 24.3 Å². The molecule has 112 valence electrons. The van der Waals surface area contributed by atoms with Gasteiger partial charge in [-0.25, -0.2) is 4.79 Å². The van der Waals surface area contributed by atoms with E-state index in [1.807, 2.05) is 0 Å². The summed E-state index contributed by atoms with van der Waals surface area (Å²) in [7, 11) is 1.35. The number of nitrogens with one attached hydrogen (secondary N) is 1. The smallest absolute Gasteiger partial charge is 0.321 e. The van der Waals surface area contributed by atoms with Crippen molar-refractivity contribution in [3.8, 4) is 0 Å². The number of benzene rings is 1. The Hall–Kier alpha value is -2.37. The van der Waals surface area contributed by atoms with Crippen LogP contribution in [0.3, 0.4) is 0 Å². The SMILES string of the molecule is COC(=O)C1CCN(C(=O)Nc2cccc(C(C)=O)c2)C1. The number of carbonyl (C=O) groups excluding carboxylic acids is 3. The monoisotopic (exact) mass is 290 g/mol. The molecule has 0 aliphatic carbocycles. The van der Waals surface area contributed by atoms with Crippen LogP contribution < -0.4 is 5.32 Å². The second-order valence-electron chi connectivity index (χ2n) is 5.02. The summed E-state index contributed by atoms with van der Waals surface area (Å²) in [5, 5.41) is 2.74. The molecule has 1 aliphatic heterocycles. The van der Waals surface area contributed by atoms with Crippen LogP contribution in [0.15, 0.2) is 24.3 Å². The molecule has 0 bridgehead atoms. The van der Waals surface area contributed by atoms with Crippen LogP contribution in [0.4, 0.5) is 10.5 Å². The Morgan fingerprint density at radius 1 is 1.33 bits per heavy atom. The topological polar surface area (TPSA) is 75.7 Å². The van der Waals surface area contributed by atoms with Gasteiger partial charge in [0.15, 0.2) is 5.78 Å². The maximum atomic E-state index is 12.1. The molecule has 6 heteroatoms. The van der Waals surface area contributed by atoms with Crippen LogP contribution in [0, 0.1) is 5.92 Å². The van der Waals surface area contributed by atoms with E-state index in [2.05, 4.69) is 10.1 Å². The second-order valence-corrected chi connectivity index (χ2v) is 5.02. The van der Waals surface area contributed by atoms with E-state index in [4.69, 9.17) is 0 Å². The summed E-state index contributed by atoms with van der Waals surface area (Å²) in [6.45, 7) is 2.34. The quantitative estimate of drug-likeness (QED) is 0.681. The highest BCUT2D eigenvalue weighted by Crippen LogP contribution is 2.19. The first-order chi connectivity index (χ1) is 10.0. The number of hydrogen-bond acceptors (Lipinski definition) is 4. The molecule has 1 heterocycles. The van der Waals surface area contributed by atoms with E-state index in [0.29, 0.717) is 30.8 Å². The van der Waals surface area contributed by atoms with E-state index in [1.54, 1.807) is 29.2 Å². The van der Waals surface area contributed by atoms with Crippen LogP contribution in [0.25, 0.3) is 0 Å². The van der Waals surface area contributed by atoms with E-state index in [1.165, 1.54) is 14.0 Å². The standard InChI is InChI=1S/C15H18N2O4/c1-10(18)11-4-3-5-13(8-11)16-15(20)17-7-6-12(9-17)14(19)21-2/h3-5,8,12H,6-7,9H2,1-2H3,(H,16,20). The number of urea groups is 1. The molecule has 6 nitrogen and oxygen atoms in total. The highest BCUT2D eigenvalue weighted by atomic mass is 16.5. The summed E-state index contributed by atoms with van der Waals surface area (Å²) >= 11 is 0. The number of anilines is 1. The molecular weight excluding hydrogens is 272 g/mol. The van der Waals surface area contributed by atoms with Crippen molar-refractivity contribution < 1.29 is 19.1 Å². The van der Waals surface area contributed by atoms with Gasteiger partial charge in [0.05, 0.1) is 13.0 Å². The van der Waals surface area contributed by atoms with Crippen LogP contribution >= 0.6 is 0 Å². The highest BCUT2D eigenvalue weighted by Gasteiger charge is 2.31. The number of ketones is 1. The summed E-state index contributed by atoms with van der Waals surface area (Å²) < 4.78 is 4.69. The largest absolute Gasteiger partial charge is 0.469 e. The molecule has 1 aromatic rings. The van der Waals surface area contributed by atoms with Gasteiger partial charge in [0.25, 0.3) is 0 Å². The molecule has 0 radical (unpaired) electrons. The first-order valence-electron chi connectivity index (χ1n) is 6.76. The number of rotatable bonds is 3. The van der Waals surface area contributed by atoms with Gasteiger partial charge < -0.3 is 15.0 Å². The van der Waals surface area contributed by atoms with Gasteiger partial charge in [-0.3, -0.25) is 9.59 Å². The zero-order chi connectivity index (χ0) is 15.4. The Balaban J connectivity index is 1.98. The Bertz CT molecular complexity index is 571. The maximum Gasteiger partial charge on any atom is 0.321 e. The number of carbonyl (C=O) groups is 3. The lowest BCUT2D eigenvalue weighted by Gasteiger charge is -2.17. The summed E-state index contributed by atoms with van der Waals surface area (Å²) in [5.41, 5.74) is 1.11. The molecule has 1 unspecified atom stereocenters. The average Bonchev–Trinajstić information content (AvgIpc) is 2.96. The van der Waals surface area contributed by atoms with E-state index < -0.39 is 0 Å². The fourth-order valence-electron chi connectivity index (χ4n) is 2.32. The number of hydrogen-bond donors (Lipinski definition) is 1. The number of likely N-dealkylation sites (tertiary alicyclic amines) is 1. The first-order valence-corrected chi connectivity index (χ1v) is 6.76. The van der Waals surface area contributed by atoms with Gasteiger partial charge >= 0.3 is 12.0 Å². The molecule has 0 aromatic heterocycles. The molecule has 0 spiro atoms. The molecule has 1 fully saturated rings. The Kier molecular flexibility index (Phi) is 4.57. The maximum absolute atomic E-state index is 12.1. The van der Waals surface area contributed by atoms with Gasteiger partial charge in [-0.1, -0.05) is 12.1 Å². The van der Waals surface area contributed by atoms with E-state index >= 15 is 0 Å². The third-order valence-corrected chi connectivity index (χ3v) is 3.53. The number of amides is 2. The van der Waals surface area contributed by atoms with Gasteiger partial charge in [0.1, 0.15) is 0 Å². The lowest BCUT2D eigenvalue weighted by Crippen LogP contribution is -2.34. The second kappa shape index (κ2) is 6.39. The Labute approximate surface area is 123 Å². The van der Waals surface area contributed by atoms with Crippen LogP contribution in [0.1, 0.15) is 23.7 Å². The minimum absolute atomic E-state index is 0.0574. The van der Waals surface area contributed by atoms with Crippen LogP contribution in [0.2, 0.25) is 0 Å². The molecule has 21 heavy (non-hydrogen) atoms. The highest BCUT2D eigenvalue weighted by molar-refractivity contribution is 5.96. The van der Waals surface area contributed by atoms with Crippen molar-refractivity contribution in [2.45, 2.75) is 13.3 Å². The molecule has 1 atom stereocenters. The molecule has 2 amide bonds. The number of methoxy groups -OCH3 is 1. The number of Topliss-reactive ketones (excluding diaryl/α,β-unsaturated/α-hetero) is 1. The van der Waals surface area contributed by atoms with Gasteiger partial charge in [-0.2, -0.15) is 0 Å². The van der Waals surface area contributed by atoms with Crippen molar-refractivity contribution in [3.05, 3.63) is 29.8 Å². The van der Waals surface area contributed by atoms with Gasteiger partial charge in [-0.15, -0.1) is 0 Å². The van der Waals surface area contributed by atoms with E-state index in [0.717, 1.165) is 0 Å². The molecule has 1 aromatic carbocycles. The molecule has 1 N–H and O–H groups in total. The first kappa shape index (κ1) is 15.0. The molecule has 0 saturated carbocycles. The van der Waals surface area contributed by atoms with Crippen molar-refractivity contribution in [3.63, 3.8) is 0 Å². The molecule has 2 rings (SSSR count). The zero-order valence-electron chi connectivity index (χ0n) is 12.1. The summed E-state index contributed by atoms with van der Waals surface area (Å²) in [4.78, 5) is 36.5. The van der Waals surface area contributed by atoms with Crippen LogP contribution in [0.5, 0.6) is 0 Å². The van der Waals surface area contributed by atoms with Crippen molar-refractivity contribution in [1.82, 2.24) is 4.90 Å². The van der Waals surface area contributed by atoms with Gasteiger partial charge in [0.2, 0.25) is 0 Å². The van der Waals surface area contributed by atoms with E-state index in [-0.39, 0.29) is 23.7 Å². The predicted molar refractivity (Wildman–Crippen MR) is 77.2 cm³/mol. The normalized spacial score (nSPS) is 17.4. The molecule has 1 saturated heterocycles. The lowest BCUT2D eigenvalue weighted by molar-refractivity contribution is -0.144. The Morgan fingerprint density at radius 2 is 2.10 bits per heavy atom. The van der Waals surface area contributed by atoms with Gasteiger partial charge in [-0.05, 0) is 25.5 Å². The molecule has 1 aliphatic rings. The third-order valence-electron chi connectivity index (χ3n) is 3.53. The fraction of sp³-hybridized carbons (Fsp3) is 0.400. The van der Waals surface area contributed by atoms with Crippen molar-refractivity contribution in [2.75, 3.05) is 25.5 Å². The minimum atomic E-state index is -0.288. The zero-order valence-corrected chi connectivity index (χ0v) is 12.1. The number of esters is 1. The Morgan fingerprint density at radius 3 is 2.76 bits per heavy atom. The lowest BCUT2D eigenvalue weighted by atomic mass is 10.1. The van der Waals surface area contributed by atoms with Crippen LogP contribution in [-0.2, 0) is 9.53 Å². The summed E-state index contributed by atoms with van der Waals surface area (Å²) in [5.74, 6) is -0.605. The number of ether oxygens (including phenoxy) is 1. The van der Waals surface area contributed by atoms with Crippen molar-refractivity contribution in [1.29, 1.82) is 0 Å². The van der Waals surface area contributed by atoms with E-state index in [9.17, 15) is 14.4 Å². The average molecular weight is 290 g/mol. The molecular formula is C15H18N2O4. The third kappa shape index (κ3) is 3.59. The van der Waals surface area contributed by atoms with Crippen molar-refractivity contribution in [2.24, 2.45) is 5.92 Å². The van der Waals surface area contributed by atoms with Crippen LogP contribution in [-0.4, -0.2) is 42.9 Å². The summed E-state index contributed by atoms with van der Waals surface area (Å²) in [6, 6.07) is 6.49. The summed E-state index contributed by atoms with van der Waals surface area (Å²) in [6.07, 6.45) is 0.605.